The van der Waals surface area contributed by atoms with Gasteiger partial charge < -0.3 is 25.4 Å². The number of nitrogen functional groups attached to an aromatic ring is 1. The Hall–Kier alpha value is -2.64. The van der Waals surface area contributed by atoms with Crippen LogP contribution in [0.4, 0.5) is 5.82 Å². The summed E-state index contributed by atoms with van der Waals surface area (Å²) in [4.78, 5) is 27.4. The molecule has 1 aromatic heterocycles. The number of carbonyl (C=O) groups is 1. The van der Waals surface area contributed by atoms with Gasteiger partial charge >= 0.3 is 19.5 Å². The van der Waals surface area contributed by atoms with Gasteiger partial charge in [0.05, 0.1) is 32.0 Å². The van der Waals surface area contributed by atoms with E-state index in [0.717, 1.165) is 4.57 Å². The molecule has 4 rings (SSSR count). The van der Waals surface area contributed by atoms with Gasteiger partial charge in [-0.1, -0.05) is 12.1 Å². The van der Waals surface area contributed by atoms with E-state index in [0.29, 0.717) is 17.5 Å². The van der Waals surface area contributed by atoms with Gasteiger partial charge in [0.25, 0.3) is 0 Å². The number of methoxy groups -OCH3 is 1. The predicted octanol–water partition coefficient (Wildman–Crippen LogP) is 0.534. The average molecular weight is 497 g/mol. The highest BCUT2D eigenvalue weighted by atomic mass is 31.2. The van der Waals surface area contributed by atoms with Crippen molar-refractivity contribution in [2.24, 2.45) is 0 Å². The Labute approximate surface area is 193 Å². The van der Waals surface area contributed by atoms with Crippen molar-refractivity contribution >= 4 is 19.6 Å². The molecule has 0 radical (unpaired) electrons. The second-order valence-electron chi connectivity index (χ2n) is 7.66. The molecule has 3 heterocycles. The Kier molecular flexibility index (Phi) is 7.14. The van der Waals surface area contributed by atoms with Crippen LogP contribution in [0.25, 0.3) is 0 Å². The highest BCUT2D eigenvalue weighted by Gasteiger charge is 2.46. The smallest absolute Gasteiger partial charge is 0.465 e. The van der Waals surface area contributed by atoms with E-state index in [4.69, 9.17) is 28.8 Å². The number of anilines is 1. The van der Waals surface area contributed by atoms with Crippen LogP contribution >= 0.6 is 7.82 Å². The Morgan fingerprint density at radius 3 is 2.85 bits per heavy atom. The number of nitrogens with zero attached hydrogens (tertiary/aromatic N) is 2. The maximum Gasteiger partial charge on any atom is 0.475 e. The molecule has 14 heteroatoms. The molecule has 0 amide bonds. The third kappa shape index (κ3) is 5.05. The van der Waals surface area contributed by atoms with E-state index >= 15 is 0 Å². The first kappa shape index (κ1) is 24.5. The molecule has 4 N–H and O–H groups in total. The lowest BCUT2D eigenvalue weighted by atomic mass is 10.0. The number of aliphatic hydroxyl groups is 2. The molecule has 2 saturated heterocycles. The third-order valence-corrected chi connectivity index (χ3v) is 6.90. The Bertz CT molecular complexity index is 1160. The fraction of sp³-hybridized carbons (Fsp3) is 0.450. The van der Waals surface area contributed by atoms with Crippen LogP contribution < -0.4 is 11.4 Å². The summed E-state index contributed by atoms with van der Waals surface area (Å²) in [7, 11) is -2.81. The number of phosphoric ester groups is 1. The molecule has 0 spiro atoms. The Balaban J connectivity index is 1.42. The van der Waals surface area contributed by atoms with Gasteiger partial charge in [-0.05, 0) is 23.8 Å². The molecule has 0 aliphatic carbocycles. The summed E-state index contributed by atoms with van der Waals surface area (Å²) in [5.74, 6) is -0.533. The number of phosphoric acid groups is 1. The summed E-state index contributed by atoms with van der Waals surface area (Å²) in [6, 6.07) is 7.83. The summed E-state index contributed by atoms with van der Waals surface area (Å²) >= 11 is 0. The van der Waals surface area contributed by atoms with Crippen LogP contribution in [0, 0.1) is 0 Å². The van der Waals surface area contributed by atoms with Gasteiger partial charge in [0.2, 0.25) is 0 Å². The molecule has 2 aliphatic rings. The van der Waals surface area contributed by atoms with E-state index in [1.165, 1.54) is 19.4 Å². The minimum atomic E-state index is -4.07. The lowest BCUT2D eigenvalue weighted by Crippen LogP contribution is -2.36. The SMILES string of the molecule is COC(=O)c1cccc([C@H]2CCOP(=O)(OC[C@H]3O[C@@H](n4ccc(N)nc4=O)[C@@H](O)[C@@H]3O)O2)c1. The predicted molar refractivity (Wildman–Crippen MR) is 115 cm³/mol. The summed E-state index contributed by atoms with van der Waals surface area (Å²) in [5.41, 5.74) is 5.58. The summed E-state index contributed by atoms with van der Waals surface area (Å²) in [6.07, 6.45) is -4.40. The van der Waals surface area contributed by atoms with Crippen molar-refractivity contribution in [1.82, 2.24) is 9.55 Å². The molecular formula is C20H24N3O10P. The van der Waals surface area contributed by atoms with Crippen LogP contribution in [0.15, 0.2) is 41.3 Å². The summed E-state index contributed by atoms with van der Waals surface area (Å²) in [6.45, 7) is -0.408. The second-order valence-corrected chi connectivity index (χ2v) is 9.29. The highest BCUT2D eigenvalue weighted by Crippen LogP contribution is 2.57. The fourth-order valence-corrected chi connectivity index (χ4v) is 5.06. The Morgan fingerprint density at radius 2 is 2.12 bits per heavy atom. The van der Waals surface area contributed by atoms with Crippen LogP contribution in [0.2, 0.25) is 0 Å². The van der Waals surface area contributed by atoms with Crippen LogP contribution in [-0.2, 0) is 27.6 Å². The maximum atomic E-state index is 13.0. The zero-order valence-electron chi connectivity index (χ0n) is 18.1. The molecule has 2 aromatic rings. The van der Waals surface area contributed by atoms with Gasteiger partial charge in [-0.25, -0.2) is 14.2 Å². The number of hydrogen-bond donors (Lipinski definition) is 3. The number of benzene rings is 1. The third-order valence-electron chi connectivity index (χ3n) is 5.43. The molecule has 2 fully saturated rings. The number of aromatic nitrogens is 2. The second kappa shape index (κ2) is 9.92. The van der Waals surface area contributed by atoms with Crippen LogP contribution in [0.5, 0.6) is 0 Å². The lowest BCUT2D eigenvalue weighted by molar-refractivity contribution is -0.0609. The summed E-state index contributed by atoms with van der Waals surface area (Å²) in [5, 5.41) is 20.7. The van der Waals surface area contributed by atoms with Gasteiger partial charge in [-0.2, -0.15) is 4.98 Å². The van der Waals surface area contributed by atoms with Crippen molar-refractivity contribution in [3.63, 3.8) is 0 Å². The first-order chi connectivity index (χ1) is 16.2. The van der Waals surface area contributed by atoms with Crippen LogP contribution in [0.1, 0.15) is 34.7 Å². The number of carbonyl (C=O) groups excluding carboxylic acids is 1. The van der Waals surface area contributed by atoms with Crippen molar-refractivity contribution in [2.45, 2.75) is 37.1 Å². The van der Waals surface area contributed by atoms with E-state index in [1.807, 2.05) is 0 Å². The largest absolute Gasteiger partial charge is 0.475 e. The molecular weight excluding hydrogens is 473 g/mol. The van der Waals surface area contributed by atoms with Crippen molar-refractivity contribution in [2.75, 3.05) is 26.1 Å². The molecule has 1 unspecified atom stereocenters. The number of esters is 1. The van der Waals surface area contributed by atoms with Crippen molar-refractivity contribution in [3.05, 3.63) is 58.1 Å². The first-order valence-corrected chi connectivity index (χ1v) is 11.8. The van der Waals surface area contributed by atoms with E-state index in [2.05, 4.69) is 4.98 Å². The topological polar surface area (TPSA) is 182 Å². The Morgan fingerprint density at radius 1 is 1.32 bits per heavy atom. The number of hydrogen-bond acceptors (Lipinski definition) is 12. The molecule has 6 atom stereocenters. The number of ether oxygens (including phenoxy) is 2. The normalized spacial score (nSPS) is 31.3. The number of nitrogens with two attached hydrogens (primary N) is 1. The van der Waals surface area contributed by atoms with E-state index in [9.17, 15) is 24.4 Å². The lowest BCUT2D eigenvalue weighted by Gasteiger charge is -2.30. The van der Waals surface area contributed by atoms with Gasteiger partial charge in [0.1, 0.15) is 24.1 Å². The highest BCUT2D eigenvalue weighted by molar-refractivity contribution is 7.48. The zero-order valence-corrected chi connectivity index (χ0v) is 18.9. The monoisotopic (exact) mass is 497 g/mol. The molecule has 0 saturated carbocycles. The maximum absolute atomic E-state index is 13.0. The summed E-state index contributed by atoms with van der Waals surface area (Å²) < 4.78 is 40.5. The minimum absolute atomic E-state index is 0.00876. The van der Waals surface area contributed by atoms with E-state index in [-0.39, 0.29) is 12.4 Å². The van der Waals surface area contributed by atoms with Gasteiger partial charge in [-0.3, -0.25) is 18.1 Å². The molecule has 34 heavy (non-hydrogen) atoms. The average Bonchev–Trinajstić information content (AvgIpc) is 3.11. The van der Waals surface area contributed by atoms with Gasteiger partial charge in [0.15, 0.2) is 6.23 Å². The quantitative estimate of drug-likeness (QED) is 0.373. The van der Waals surface area contributed by atoms with Gasteiger partial charge in [-0.15, -0.1) is 0 Å². The fourth-order valence-electron chi connectivity index (χ4n) is 3.67. The van der Waals surface area contributed by atoms with Crippen molar-refractivity contribution < 1.29 is 42.6 Å². The molecule has 2 aliphatic heterocycles. The minimum Gasteiger partial charge on any atom is -0.465 e. The molecule has 184 valence electrons. The molecule has 1 aromatic carbocycles. The van der Waals surface area contributed by atoms with Gasteiger partial charge in [0, 0.05) is 12.6 Å². The van der Waals surface area contributed by atoms with Crippen LogP contribution in [-0.4, -0.2) is 64.4 Å². The zero-order chi connectivity index (χ0) is 24.5. The molecule has 13 nitrogen and oxygen atoms in total. The first-order valence-electron chi connectivity index (χ1n) is 10.3. The van der Waals surface area contributed by atoms with E-state index in [1.54, 1.807) is 24.3 Å². The number of aliphatic hydroxyl groups excluding tert-OH is 2. The number of rotatable bonds is 6. The standard InChI is InChI=1S/C20H24N3O10P/c1-29-19(26)12-4-2-3-11(9-12)13-6-8-30-34(28,33-13)31-10-14-16(24)17(25)18(32-14)23-7-5-15(21)22-20(23)27/h2-5,7,9,13-14,16-18,24-25H,6,8,10H2,1H3,(H2,21,22,27)/t13-,14-,16-,17+,18-,34?/m1/s1. The van der Waals surface area contributed by atoms with E-state index < -0.39 is 56.7 Å². The molecule has 0 bridgehead atoms. The van der Waals surface area contributed by atoms with Crippen molar-refractivity contribution in [1.29, 1.82) is 0 Å². The van der Waals surface area contributed by atoms with Crippen LogP contribution in [0.3, 0.4) is 0 Å². The van der Waals surface area contributed by atoms with Crippen molar-refractivity contribution in [3.8, 4) is 0 Å².